The summed E-state index contributed by atoms with van der Waals surface area (Å²) in [6.07, 6.45) is 0. The van der Waals surface area contributed by atoms with E-state index in [9.17, 15) is 0 Å². The largest absolute Gasteiger partial charge is 0.412 e. The molecule has 0 aliphatic carbocycles. The van der Waals surface area contributed by atoms with Gasteiger partial charge in [0.1, 0.15) is 0 Å². The zero-order valence-electron chi connectivity index (χ0n) is 7.87. The molecule has 108 valence electrons. The number of aliphatic hydroxyl groups is 12. The van der Waals surface area contributed by atoms with Crippen LogP contribution < -0.4 is 0 Å². The summed E-state index contributed by atoms with van der Waals surface area (Å²) >= 11 is 0. The smallest absolute Gasteiger partial charge is 0.362 e. The summed E-state index contributed by atoms with van der Waals surface area (Å²) in [6.45, 7) is 0. The van der Waals surface area contributed by atoms with Gasteiger partial charge in [0.2, 0.25) is 0 Å². The van der Waals surface area contributed by atoms with E-state index in [1.54, 1.807) is 0 Å². The van der Waals surface area contributed by atoms with Gasteiger partial charge in [-0.3, -0.25) is 0 Å². The van der Waals surface area contributed by atoms with Crippen molar-refractivity contribution in [1.82, 2.24) is 0 Å². The van der Waals surface area contributed by atoms with Gasteiger partial charge in [0.25, 0.3) is 0 Å². The third kappa shape index (κ3) is 9.21. The molecule has 0 aliphatic heterocycles. The lowest BCUT2D eigenvalue weighted by Gasteiger charge is -2.23. The van der Waals surface area contributed by atoms with Crippen LogP contribution in [0.25, 0.3) is 0 Å². The van der Waals surface area contributed by atoms with Gasteiger partial charge in [-0.05, 0) is 0 Å². The molecule has 0 spiro atoms. The molecular weight excluding hydrogens is 256 g/mol. The maximum atomic E-state index is 7.72. The summed E-state index contributed by atoms with van der Waals surface area (Å²) in [7, 11) is 0. The lowest BCUT2D eigenvalue weighted by Crippen LogP contribution is -2.54. The summed E-state index contributed by atoms with van der Waals surface area (Å²) in [5.41, 5.74) is 0. The lowest BCUT2D eigenvalue weighted by molar-refractivity contribution is -0.512. The highest BCUT2D eigenvalue weighted by atomic mass is 16.8. The Hall–Kier alpha value is -0.520. The predicted octanol–water partition coefficient (Wildman–Crippen LogP) is -8.33. The molecule has 17 heavy (non-hydrogen) atoms. The molecule has 0 amide bonds. The molecular formula is C4H14O13. The van der Waals surface area contributed by atoms with E-state index in [2.05, 4.69) is 0 Å². The first-order valence-corrected chi connectivity index (χ1v) is 3.18. The van der Waals surface area contributed by atoms with Gasteiger partial charge in [-0.15, -0.1) is 0 Å². The molecule has 13 heteroatoms. The molecule has 0 bridgehead atoms. The number of hydrogen-bond donors (Lipinski definition) is 12. The van der Waals surface area contributed by atoms with Crippen molar-refractivity contribution < 1.29 is 66.8 Å². The maximum absolute atomic E-state index is 7.72. The van der Waals surface area contributed by atoms with Crippen molar-refractivity contribution in [2.75, 3.05) is 0 Å². The molecule has 0 radical (unpaired) electrons. The summed E-state index contributed by atoms with van der Waals surface area (Å²) in [6, 6.07) is 0. The third-order valence-electron chi connectivity index (χ3n) is 0.900. The summed E-state index contributed by atoms with van der Waals surface area (Å²) < 4.78 is 0. The van der Waals surface area contributed by atoms with Gasteiger partial charge >= 0.3 is 23.9 Å². The maximum Gasteiger partial charge on any atom is 0.362 e. The number of rotatable bonds is 2. The van der Waals surface area contributed by atoms with E-state index in [1.807, 2.05) is 0 Å². The SMILES string of the molecule is O.OC(O)(O)C(O)(O)O.OC(O)(O)C(O)(O)O. The Kier molecular flexibility index (Phi) is 7.53. The first-order chi connectivity index (χ1) is 6.50. The first-order valence-electron chi connectivity index (χ1n) is 3.18. The highest BCUT2D eigenvalue weighted by Crippen LogP contribution is 2.08. The predicted molar refractivity (Wildman–Crippen MR) is 41.2 cm³/mol. The second-order valence-electron chi connectivity index (χ2n) is 2.54. The van der Waals surface area contributed by atoms with E-state index in [1.165, 1.54) is 0 Å². The lowest BCUT2D eigenvalue weighted by atomic mass is 10.5. The highest BCUT2D eigenvalue weighted by Gasteiger charge is 2.45. The Morgan fingerprint density at radius 1 is 0.294 bits per heavy atom. The quantitative estimate of drug-likeness (QED) is 0.208. The summed E-state index contributed by atoms with van der Waals surface area (Å²) in [4.78, 5) is 0. The van der Waals surface area contributed by atoms with E-state index in [-0.39, 0.29) is 5.48 Å². The summed E-state index contributed by atoms with van der Waals surface area (Å²) in [5, 5.41) is 92.6. The molecule has 0 aromatic carbocycles. The zero-order valence-corrected chi connectivity index (χ0v) is 7.87. The van der Waals surface area contributed by atoms with Crippen molar-refractivity contribution >= 4 is 0 Å². The van der Waals surface area contributed by atoms with E-state index in [0.717, 1.165) is 0 Å². The zero-order chi connectivity index (χ0) is 14.0. The van der Waals surface area contributed by atoms with Gasteiger partial charge in [0.15, 0.2) is 0 Å². The van der Waals surface area contributed by atoms with Crippen LogP contribution in [0.4, 0.5) is 0 Å². The van der Waals surface area contributed by atoms with Crippen molar-refractivity contribution in [2.24, 2.45) is 0 Å². The van der Waals surface area contributed by atoms with Gasteiger partial charge < -0.3 is 66.8 Å². The van der Waals surface area contributed by atoms with Crippen LogP contribution in [-0.2, 0) is 0 Å². The van der Waals surface area contributed by atoms with Crippen molar-refractivity contribution in [3.63, 3.8) is 0 Å². The van der Waals surface area contributed by atoms with Crippen LogP contribution in [0.5, 0.6) is 0 Å². The Morgan fingerprint density at radius 3 is 0.353 bits per heavy atom. The van der Waals surface area contributed by atoms with Gasteiger partial charge in [0, 0.05) is 0 Å². The first kappa shape index (κ1) is 21.7. The van der Waals surface area contributed by atoms with E-state index >= 15 is 0 Å². The average molecular weight is 270 g/mol. The van der Waals surface area contributed by atoms with Gasteiger partial charge in [0.05, 0.1) is 0 Å². The molecule has 13 nitrogen and oxygen atoms in total. The van der Waals surface area contributed by atoms with Crippen LogP contribution in [0.3, 0.4) is 0 Å². The molecule has 0 rings (SSSR count). The minimum absolute atomic E-state index is 0. The van der Waals surface area contributed by atoms with Crippen molar-refractivity contribution in [1.29, 1.82) is 0 Å². The molecule has 0 unspecified atom stereocenters. The Morgan fingerprint density at radius 2 is 0.353 bits per heavy atom. The second-order valence-corrected chi connectivity index (χ2v) is 2.54. The Labute approximate surface area is 91.9 Å². The van der Waals surface area contributed by atoms with E-state index < -0.39 is 23.9 Å². The Balaban J connectivity index is -0.000000218. The van der Waals surface area contributed by atoms with Gasteiger partial charge in [-0.25, -0.2) is 0 Å². The summed E-state index contributed by atoms with van der Waals surface area (Å²) in [5.74, 6) is -15.6. The molecule has 0 heterocycles. The van der Waals surface area contributed by atoms with Crippen LogP contribution in [-0.4, -0.2) is 90.6 Å². The van der Waals surface area contributed by atoms with Crippen LogP contribution in [0.15, 0.2) is 0 Å². The molecule has 0 saturated heterocycles. The average Bonchev–Trinajstić information content (AvgIpc) is 1.77. The second kappa shape index (κ2) is 5.89. The third-order valence-corrected chi connectivity index (χ3v) is 0.900. The minimum atomic E-state index is -3.90. The van der Waals surface area contributed by atoms with Crippen LogP contribution in [0.2, 0.25) is 0 Å². The molecule has 0 aliphatic rings. The normalized spacial score (nSPS) is 13.4. The molecule has 0 fully saturated rings. The van der Waals surface area contributed by atoms with Gasteiger partial charge in [-0.1, -0.05) is 0 Å². The number of hydrogen-bond acceptors (Lipinski definition) is 12. The van der Waals surface area contributed by atoms with E-state index in [4.69, 9.17) is 61.3 Å². The van der Waals surface area contributed by atoms with Crippen molar-refractivity contribution in [2.45, 2.75) is 23.9 Å². The topological polar surface area (TPSA) is 274 Å². The highest BCUT2D eigenvalue weighted by molar-refractivity contribution is 4.55. The Bertz CT molecular complexity index is 147. The molecule has 14 N–H and O–H groups in total. The fourth-order valence-corrected chi connectivity index (χ4v) is 0. The van der Waals surface area contributed by atoms with E-state index in [0.29, 0.717) is 0 Å². The minimum Gasteiger partial charge on any atom is -0.412 e. The fourth-order valence-electron chi connectivity index (χ4n) is 0. The molecule has 0 atom stereocenters. The van der Waals surface area contributed by atoms with Crippen LogP contribution in [0, 0.1) is 0 Å². The van der Waals surface area contributed by atoms with Crippen molar-refractivity contribution in [3.05, 3.63) is 0 Å². The van der Waals surface area contributed by atoms with Crippen LogP contribution >= 0.6 is 0 Å². The van der Waals surface area contributed by atoms with Gasteiger partial charge in [-0.2, -0.15) is 0 Å². The monoisotopic (exact) mass is 270 g/mol. The fraction of sp³-hybridized carbons (Fsp3) is 1.00. The molecule has 0 aromatic rings. The van der Waals surface area contributed by atoms with Crippen LogP contribution in [0.1, 0.15) is 0 Å². The molecule has 0 aromatic heterocycles. The van der Waals surface area contributed by atoms with Crippen molar-refractivity contribution in [3.8, 4) is 0 Å². The molecule has 0 saturated carbocycles. The standard InChI is InChI=1S/2C2H6O6.H2O/c2*3-1(4,5)2(6,7)8;/h2*3-8H;1H2.